The third-order valence-corrected chi connectivity index (χ3v) is 1.74. The van der Waals surface area contributed by atoms with Crippen LogP contribution in [-0.4, -0.2) is 12.9 Å². The largest absolute Gasteiger partial charge is 0.573 e. The summed E-state index contributed by atoms with van der Waals surface area (Å²) in [4.78, 5) is 0. The maximum Gasteiger partial charge on any atom is 0.573 e. The fourth-order valence-corrected chi connectivity index (χ4v) is 1.09. The minimum atomic E-state index is -4.88. The molecular formula is C10H11F4NO. The first-order valence-corrected chi connectivity index (χ1v) is 4.71. The Labute approximate surface area is 90.2 Å². The van der Waals surface area contributed by atoms with Gasteiger partial charge in [0.15, 0.2) is 11.6 Å². The molecule has 16 heavy (non-hydrogen) atoms. The van der Waals surface area contributed by atoms with E-state index in [4.69, 9.17) is 0 Å². The van der Waals surface area contributed by atoms with Crippen LogP contribution in [0.25, 0.3) is 0 Å². The summed E-state index contributed by atoms with van der Waals surface area (Å²) in [5, 5.41) is 2.85. The molecule has 0 fully saturated rings. The van der Waals surface area contributed by atoms with E-state index in [-0.39, 0.29) is 0 Å². The van der Waals surface area contributed by atoms with Gasteiger partial charge in [-0.15, -0.1) is 13.2 Å². The van der Waals surface area contributed by atoms with Crippen molar-refractivity contribution in [3.05, 3.63) is 24.0 Å². The highest BCUT2D eigenvalue weighted by atomic mass is 19.4. The second kappa shape index (κ2) is 5.05. The zero-order chi connectivity index (χ0) is 12.2. The van der Waals surface area contributed by atoms with Crippen molar-refractivity contribution in [2.75, 3.05) is 11.9 Å². The van der Waals surface area contributed by atoms with Crippen LogP contribution in [0.15, 0.2) is 18.2 Å². The van der Waals surface area contributed by atoms with Gasteiger partial charge < -0.3 is 10.1 Å². The van der Waals surface area contributed by atoms with Gasteiger partial charge in [-0.1, -0.05) is 6.92 Å². The first-order valence-electron chi connectivity index (χ1n) is 4.71. The minimum Gasteiger partial charge on any atom is -0.403 e. The Bertz CT molecular complexity index is 351. The van der Waals surface area contributed by atoms with E-state index in [0.29, 0.717) is 12.2 Å². The molecule has 0 saturated heterocycles. The molecule has 0 atom stereocenters. The third-order valence-electron chi connectivity index (χ3n) is 1.74. The standard InChI is InChI=1S/C10H11F4NO/c1-2-5-15-7-3-4-9(8(11)6-7)16-10(12,13)14/h3-4,6,15H,2,5H2,1H3. The van der Waals surface area contributed by atoms with Crippen molar-refractivity contribution in [1.29, 1.82) is 0 Å². The highest BCUT2D eigenvalue weighted by Crippen LogP contribution is 2.27. The summed E-state index contributed by atoms with van der Waals surface area (Å²) in [6, 6.07) is 3.25. The average molecular weight is 237 g/mol. The highest BCUT2D eigenvalue weighted by molar-refractivity contribution is 5.47. The molecule has 0 unspecified atom stereocenters. The maximum atomic E-state index is 13.1. The van der Waals surface area contributed by atoms with E-state index < -0.39 is 17.9 Å². The molecule has 1 aromatic carbocycles. The van der Waals surface area contributed by atoms with Crippen LogP contribution in [0.2, 0.25) is 0 Å². The number of halogens is 4. The van der Waals surface area contributed by atoms with Gasteiger partial charge in [0, 0.05) is 18.3 Å². The van der Waals surface area contributed by atoms with Crippen molar-refractivity contribution >= 4 is 5.69 Å². The van der Waals surface area contributed by atoms with E-state index in [0.717, 1.165) is 18.6 Å². The fraction of sp³-hybridized carbons (Fsp3) is 0.400. The van der Waals surface area contributed by atoms with Gasteiger partial charge in [0.1, 0.15) is 0 Å². The Kier molecular flexibility index (Phi) is 3.98. The molecule has 0 amide bonds. The second-order valence-electron chi connectivity index (χ2n) is 3.12. The molecule has 0 aliphatic carbocycles. The maximum absolute atomic E-state index is 13.1. The molecule has 1 rings (SSSR count). The van der Waals surface area contributed by atoms with E-state index in [9.17, 15) is 17.6 Å². The molecule has 90 valence electrons. The van der Waals surface area contributed by atoms with Crippen LogP contribution in [0.3, 0.4) is 0 Å². The Morgan fingerprint density at radius 3 is 2.50 bits per heavy atom. The van der Waals surface area contributed by atoms with Gasteiger partial charge in [0.25, 0.3) is 0 Å². The fourth-order valence-electron chi connectivity index (χ4n) is 1.09. The van der Waals surface area contributed by atoms with Gasteiger partial charge in [-0.2, -0.15) is 0 Å². The smallest absolute Gasteiger partial charge is 0.403 e. The first-order chi connectivity index (χ1) is 7.42. The predicted molar refractivity (Wildman–Crippen MR) is 51.9 cm³/mol. The number of alkyl halides is 3. The van der Waals surface area contributed by atoms with E-state index in [2.05, 4.69) is 10.1 Å². The summed E-state index contributed by atoms with van der Waals surface area (Å²) in [5.74, 6) is -1.87. The molecule has 0 spiro atoms. The van der Waals surface area contributed by atoms with Crippen molar-refractivity contribution in [2.45, 2.75) is 19.7 Å². The van der Waals surface area contributed by atoms with E-state index in [1.54, 1.807) is 0 Å². The quantitative estimate of drug-likeness (QED) is 0.808. The second-order valence-corrected chi connectivity index (χ2v) is 3.12. The number of nitrogens with one attached hydrogen (secondary N) is 1. The number of hydrogen-bond donors (Lipinski definition) is 1. The van der Waals surface area contributed by atoms with Crippen LogP contribution >= 0.6 is 0 Å². The van der Waals surface area contributed by atoms with Crippen LogP contribution < -0.4 is 10.1 Å². The molecular weight excluding hydrogens is 226 g/mol. The molecule has 0 aliphatic rings. The summed E-state index contributed by atoms with van der Waals surface area (Å²) >= 11 is 0. The number of rotatable bonds is 4. The number of benzene rings is 1. The summed E-state index contributed by atoms with van der Waals surface area (Å²) in [6.45, 7) is 2.55. The monoisotopic (exact) mass is 237 g/mol. The Balaban J connectivity index is 2.75. The van der Waals surface area contributed by atoms with E-state index in [1.807, 2.05) is 6.92 Å². The van der Waals surface area contributed by atoms with Gasteiger partial charge in [-0.3, -0.25) is 0 Å². The lowest BCUT2D eigenvalue weighted by molar-refractivity contribution is -0.275. The van der Waals surface area contributed by atoms with Crippen LogP contribution in [0.1, 0.15) is 13.3 Å². The molecule has 0 aliphatic heterocycles. The molecule has 0 aromatic heterocycles. The summed E-state index contributed by atoms with van der Waals surface area (Å²) < 4.78 is 52.1. The molecule has 0 saturated carbocycles. The lowest BCUT2D eigenvalue weighted by atomic mass is 10.3. The SMILES string of the molecule is CCCNc1ccc(OC(F)(F)F)c(F)c1. The van der Waals surface area contributed by atoms with E-state index in [1.165, 1.54) is 6.07 Å². The Hall–Kier alpha value is -1.46. The summed E-state index contributed by atoms with van der Waals surface area (Å²) in [6.07, 6.45) is -4.04. The van der Waals surface area contributed by atoms with Gasteiger partial charge in [-0.25, -0.2) is 4.39 Å². The van der Waals surface area contributed by atoms with Crippen molar-refractivity contribution in [1.82, 2.24) is 0 Å². The molecule has 1 aromatic rings. The van der Waals surface area contributed by atoms with Gasteiger partial charge in [0.05, 0.1) is 0 Å². The first kappa shape index (κ1) is 12.6. The van der Waals surface area contributed by atoms with Gasteiger partial charge in [0.2, 0.25) is 0 Å². The van der Waals surface area contributed by atoms with Crippen molar-refractivity contribution in [3.8, 4) is 5.75 Å². The molecule has 0 radical (unpaired) electrons. The number of anilines is 1. The lowest BCUT2D eigenvalue weighted by Crippen LogP contribution is -2.18. The van der Waals surface area contributed by atoms with Crippen LogP contribution in [0, 0.1) is 5.82 Å². The van der Waals surface area contributed by atoms with Crippen LogP contribution in [-0.2, 0) is 0 Å². The van der Waals surface area contributed by atoms with Gasteiger partial charge >= 0.3 is 6.36 Å². The Morgan fingerprint density at radius 1 is 1.31 bits per heavy atom. The zero-order valence-corrected chi connectivity index (χ0v) is 8.57. The topological polar surface area (TPSA) is 21.3 Å². The minimum absolute atomic E-state index is 0.425. The summed E-state index contributed by atoms with van der Waals surface area (Å²) in [5.41, 5.74) is 0.425. The van der Waals surface area contributed by atoms with E-state index >= 15 is 0 Å². The molecule has 0 heterocycles. The summed E-state index contributed by atoms with van der Waals surface area (Å²) in [7, 11) is 0. The van der Waals surface area contributed by atoms with Crippen molar-refractivity contribution < 1.29 is 22.3 Å². The van der Waals surface area contributed by atoms with Crippen LogP contribution in [0.4, 0.5) is 23.2 Å². The average Bonchev–Trinajstić information content (AvgIpc) is 2.17. The zero-order valence-electron chi connectivity index (χ0n) is 8.57. The van der Waals surface area contributed by atoms with Crippen molar-refractivity contribution in [3.63, 3.8) is 0 Å². The Morgan fingerprint density at radius 2 is 2.00 bits per heavy atom. The molecule has 2 nitrogen and oxygen atoms in total. The molecule has 6 heteroatoms. The van der Waals surface area contributed by atoms with Crippen LogP contribution in [0.5, 0.6) is 5.75 Å². The molecule has 1 N–H and O–H groups in total. The number of ether oxygens (including phenoxy) is 1. The highest BCUT2D eigenvalue weighted by Gasteiger charge is 2.32. The number of hydrogen-bond acceptors (Lipinski definition) is 2. The normalized spacial score (nSPS) is 11.3. The molecule has 0 bridgehead atoms. The lowest BCUT2D eigenvalue weighted by Gasteiger charge is -2.11. The van der Waals surface area contributed by atoms with Crippen molar-refractivity contribution in [2.24, 2.45) is 0 Å². The third kappa shape index (κ3) is 3.96. The van der Waals surface area contributed by atoms with Gasteiger partial charge in [-0.05, 0) is 18.6 Å². The predicted octanol–water partition coefficient (Wildman–Crippen LogP) is 3.55.